The molecule has 1 aromatic carbocycles. The molecule has 1 atom stereocenters. The highest BCUT2D eigenvalue weighted by Crippen LogP contribution is 2.32. The normalized spacial score (nSPS) is 20.2. The van der Waals surface area contributed by atoms with Crippen LogP contribution in [0.2, 0.25) is 0 Å². The Morgan fingerprint density at radius 3 is 2.95 bits per heavy atom. The second-order valence-electron chi connectivity index (χ2n) is 5.17. The molecule has 0 heterocycles. The molecule has 1 aliphatic carbocycles. The third-order valence-electron chi connectivity index (χ3n) is 3.92. The Morgan fingerprint density at radius 2 is 2.29 bits per heavy atom. The van der Waals surface area contributed by atoms with E-state index in [1.807, 2.05) is 19.1 Å². The van der Waals surface area contributed by atoms with Crippen LogP contribution in [0.25, 0.3) is 0 Å². The zero-order valence-electron chi connectivity index (χ0n) is 12.6. The van der Waals surface area contributed by atoms with Crippen molar-refractivity contribution in [3.05, 3.63) is 29.3 Å². The third-order valence-corrected chi connectivity index (χ3v) is 3.92. The molecule has 0 radical (unpaired) electrons. The number of rotatable bonds is 5. The number of aryl methyl sites for hydroxylation is 1. The average Bonchev–Trinajstić information content (AvgIpc) is 2.52. The highest BCUT2D eigenvalue weighted by molar-refractivity contribution is 5.82. The average molecular weight is 287 g/mol. The highest BCUT2D eigenvalue weighted by Gasteiger charge is 2.42. The van der Waals surface area contributed by atoms with E-state index in [0.29, 0.717) is 26.0 Å². The van der Waals surface area contributed by atoms with Gasteiger partial charge in [-0.1, -0.05) is 12.0 Å². The Bertz CT molecular complexity index is 562. The molecule has 1 aliphatic rings. The van der Waals surface area contributed by atoms with E-state index in [4.69, 9.17) is 15.9 Å². The lowest BCUT2D eigenvalue weighted by molar-refractivity contribution is -0.151. The summed E-state index contributed by atoms with van der Waals surface area (Å²) in [7, 11) is 1.64. The summed E-state index contributed by atoms with van der Waals surface area (Å²) in [6.07, 6.45) is 7.41. The van der Waals surface area contributed by atoms with Gasteiger partial charge in [0, 0.05) is 6.42 Å². The number of esters is 1. The number of hydrogen-bond acceptors (Lipinski definition) is 4. The molecule has 112 valence electrons. The van der Waals surface area contributed by atoms with Gasteiger partial charge in [0.15, 0.2) is 0 Å². The van der Waals surface area contributed by atoms with Crippen LogP contribution >= 0.6 is 0 Å². The first-order valence-electron chi connectivity index (χ1n) is 7.16. The van der Waals surface area contributed by atoms with Crippen molar-refractivity contribution in [3.63, 3.8) is 0 Å². The van der Waals surface area contributed by atoms with Gasteiger partial charge in [-0.05, 0) is 43.0 Å². The smallest absolute Gasteiger partial charge is 0.326 e. The van der Waals surface area contributed by atoms with Crippen molar-refractivity contribution in [2.75, 3.05) is 20.3 Å². The fourth-order valence-electron chi connectivity index (χ4n) is 2.79. The highest BCUT2D eigenvalue weighted by atomic mass is 16.5. The first kappa shape index (κ1) is 15.4. The van der Waals surface area contributed by atoms with Crippen LogP contribution in [-0.4, -0.2) is 31.8 Å². The molecule has 0 amide bonds. The van der Waals surface area contributed by atoms with Gasteiger partial charge in [-0.15, -0.1) is 6.42 Å². The molecule has 0 spiro atoms. The number of nitrogens with one attached hydrogen (secondary N) is 1. The molecular weight excluding hydrogens is 266 g/mol. The quantitative estimate of drug-likeness (QED) is 0.661. The maximum Gasteiger partial charge on any atom is 0.326 e. The maximum atomic E-state index is 12.4. The van der Waals surface area contributed by atoms with Gasteiger partial charge in [-0.3, -0.25) is 10.1 Å². The molecule has 1 N–H and O–H groups in total. The van der Waals surface area contributed by atoms with Crippen LogP contribution < -0.4 is 10.1 Å². The van der Waals surface area contributed by atoms with Gasteiger partial charge < -0.3 is 9.47 Å². The molecule has 21 heavy (non-hydrogen) atoms. The van der Waals surface area contributed by atoms with Crippen LogP contribution in [0, 0.1) is 12.3 Å². The number of fused-ring (bicyclic) bond motifs is 1. The summed E-state index contributed by atoms with van der Waals surface area (Å²) in [5.41, 5.74) is 1.62. The van der Waals surface area contributed by atoms with Gasteiger partial charge >= 0.3 is 5.97 Å². The third kappa shape index (κ3) is 3.20. The van der Waals surface area contributed by atoms with Crippen molar-refractivity contribution in [2.24, 2.45) is 0 Å². The number of hydrogen-bond donors (Lipinski definition) is 1. The Balaban J connectivity index is 2.31. The Hall–Kier alpha value is -1.99. The van der Waals surface area contributed by atoms with E-state index in [9.17, 15) is 4.79 Å². The second-order valence-corrected chi connectivity index (χ2v) is 5.17. The molecule has 0 fully saturated rings. The second kappa shape index (κ2) is 6.64. The van der Waals surface area contributed by atoms with Crippen LogP contribution in [0.5, 0.6) is 5.75 Å². The summed E-state index contributed by atoms with van der Waals surface area (Å²) in [6.45, 7) is 2.52. The fraction of sp³-hybridized carbons (Fsp3) is 0.471. The minimum absolute atomic E-state index is 0.228. The van der Waals surface area contributed by atoms with Gasteiger partial charge in [0.05, 0.1) is 20.3 Å². The van der Waals surface area contributed by atoms with Gasteiger partial charge in [-0.2, -0.15) is 0 Å². The van der Waals surface area contributed by atoms with Gasteiger partial charge in [0.25, 0.3) is 0 Å². The van der Waals surface area contributed by atoms with Crippen molar-refractivity contribution in [1.82, 2.24) is 5.32 Å². The minimum Gasteiger partial charge on any atom is -0.497 e. The summed E-state index contributed by atoms with van der Waals surface area (Å²) in [5.74, 6) is 3.11. The zero-order valence-corrected chi connectivity index (χ0v) is 12.6. The first-order valence-corrected chi connectivity index (χ1v) is 7.16. The summed E-state index contributed by atoms with van der Waals surface area (Å²) in [4.78, 5) is 12.4. The molecule has 1 aromatic rings. The number of ether oxygens (including phenoxy) is 2. The summed E-state index contributed by atoms with van der Waals surface area (Å²) in [6, 6.07) is 6.00. The molecular formula is C17H21NO3. The van der Waals surface area contributed by atoms with Crippen molar-refractivity contribution in [1.29, 1.82) is 0 Å². The Morgan fingerprint density at radius 1 is 1.48 bits per heavy atom. The fourth-order valence-corrected chi connectivity index (χ4v) is 2.79. The zero-order chi connectivity index (χ0) is 15.3. The predicted octanol–water partition coefficient (Wildman–Crippen LogP) is 1.71. The van der Waals surface area contributed by atoms with Crippen molar-refractivity contribution < 1.29 is 14.3 Å². The van der Waals surface area contributed by atoms with E-state index in [0.717, 1.165) is 17.7 Å². The minimum atomic E-state index is -0.734. The number of terminal acetylenes is 1. The van der Waals surface area contributed by atoms with E-state index in [-0.39, 0.29) is 5.97 Å². The van der Waals surface area contributed by atoms with E-state index in [2.05, 4.69) is 17.3 Å². The van der Waals surface area contributed by atoms with Crippen LogP contribution in [0.4, 0.5) is 0 Å². The summed E-state index contributed by atoms with van der Waals surface area (Å²) < 4.78 is 10.5. The van der Waals surface area contributed by atoms with Crippen LogP contribution in [0.3, 0.4) is 0 Å². The molecule has 0 bridgehead atoms. The number of benzene rings is 1. The topological polar surface area (TPSA) is 47.6 Å². The molecule has 0 aliphatic heterocycles. The van der Waals surface area contributed by atoms with Crippen LogP contribution in [0.1, 0.15) is 24.5 Å². The molecule has 2 rings (SSSR count). The lowest BCUT2D eigenvalue weighted by Gasteiger charge is -2.36. The molecule has 4 heteroatoms. The van der Waals surface area contributed by atoms with E-state index < -0.39 is 5.54 Å². The van der Waals surface area contributed by atoms with E-state index in [1.54, 1.807) is 7.11 Å². The van der Waals surface area contributed by atoms with Gasteiger partial charge in [0.2, 0.25) is 0 Å². The van der Waals surface area contributed by atoms with Gasteiger partial charge in [0.1, 0.15) is 11.3 Å². The maximum absolute atomic E-state index is 12.4. The lowest BCUT2D eigenvalue weighted by atomic mass is 9.77. The SMILES string of the molecule is C#CCNC1(C(=O)OCC)CCc2ccc(OC)cc2C1. The van der Waals surface area contributed by atoms with Crippen LogP contribution in [-0.2, 0) is 22.4 Å². The van der Waals surface area contributed by atoms with Gasteiger partial charge in [-0.25, -0.2) is 0 Å². The first-order chi connectivity index (χ1) is 10.1. The molecule has 0 aromatic heterocycles. The number of carbonyl (C=O) groups is 1. The summed E-state index contributed by atoms with van der Waals surface area (Å²) >= 11 is 0. The molecule has 4 nitrogen and oxygen atoms in total. The largest absolute Gasteiger partial charge is 0.497 e. The Kier molecular flexibility index (Phi) is 4.87. The standard InChI is InChI=1S/C17H21NO3/c1-4-10-18-17(16(19)21-5-2)9-8-13-6-7-15(20-3)11-14(13)12-17/h1,6-7,11,18H,5,8-10,12H2,2-3H3. The van der Waals surface area contributed by atoms with Crippen molar-refractivity contribution >= 4 is 5.97 Å². The molecule has 0 saturated carbocycles. The number of methoxy groups -OCH3 is 1. The van der Waals surface area contributed by atoms with E-state index in [1.165, 1.54) is 5.56 Å². The number of carbonyl (C=O) groups excluding carboxylic acids is 1. The lowest BCUT2D eigenvalue weighted by Crippen LogP contribution is -2.56. The summed E-state index contributed by atoms with van der Waals surface area (Å²) in [5, 5.41) is 3.20. The van der Waals surface area contributed by atoms with E-state index >= 15 is 0 Å². The van der Waals surface area contributed by atoms with Crippen molar-refractivity contribution in [3.8, 4) is 18.1 Å². The predicted molar refractivity (Wildman–Crippen MR) is 81.2 cm³/mol. The van der Waals surface area contributed by atoms with Crippen LogP contribution in [0.15, 0.2) is 18.2 Å². The van der Waals surface area contributed by atoms with Crippen molar-refractivity contribution in [2.45, 2.75) is 31.7 Å². The Labute approximate surface area is 125 Å². The molecule has 0 saturated heterocycles. The monoisotopic (exact) mass is 287 g/mol. The molecule has 1 unspecified atom stereocenters.